The van der Waals surface area contributed by atoms with E-state index in [0.29, 0.717) is 11.5 Å². The van der Waals surface area contributed by atoms with Crippen molar-refractivity contribution in [3.05, 3.63) is 71.8 Å². The highest BCUT2D eigenvalue weighted by molar-refractivity contribution is 5.79. The molecule has 0 fully saturated rings. The van der Waals surface area contributed by atoms with Gasteiger partial charge >= 0.3 is 0 Å². The normalized spacial score (nSPS) is 16.0. The topological polar surface area (TPSA) is 90.0 Å². The maximum atomic E-state index is 14.2. The Morgan fingerprint density at radius 2 is 2.10 bits per heavy atom. The summed E-state index contributed by atoms with van der Waals surface area (Å²) in [6.07, 6.45) is 9.23. The van der Waals surface area contributed by atoms with Gasteiger partial charge in [-0.05, 0) is 37.0 Å². The second-order valence-corrected chi connectivity index (χ2v) is 7.07. The summed E-state index contributed by atoms with van der Waals surface area (Å²) < 4.78 is 17.4. The molecule has 0 spiro atoms. The molecule has 0 saturated carbocycles. The van der Waals surface area contributed by atoms with Crippen LogP contribution in [0.25, 0.3) is 11.5 Å². The molecule has 29 heavy (non-hydrogen) atoms. The minimum absolute atomic E-state index is 0.109. The first-order valence-corrected chi connectivity index (χ1v) is 9.44. The van der Waals surface area contributed by atoms with E-state index in [1.807, 2.05) is 0 Å². The lowest BCUT2D eigenvalue weighted by molar-refractivity contribution is -0.121. The molecular formula is C20H18FN7O. The minimum Gasteiger partial charge on any atom is -0.349 e. The molecule has 0 radical (unpaired) electrons. The largest absolute Gasteiger partial charge is 0.349 e. The van der Waals surface area contributed by atoms with Crippen LogP contribution in [0.1, 0.15) is 35.7 Å². The highest BCUT2D eigenvalue weighted by Gasteiger charge is 2.26. The van der Waals surface area contributed by atoms with Gasteiger partial charge in [0.1, 0.15) is 17.8 Å². The molecule has 1 aromatic carbocycles. The number of para-hydroxylation sites is 1. The monoisotopic (exact) mass is 391 g/mol. The van der Waals surface area contributed by atoms with E-state index in [2.05, 4.69) is 25.5 Å². The predicted octanol–water partition coefficient (Wildman–Crippen LogP) is 2.19. The summed E-state index contributed by atoms with van der Waals surface area (Å²) in [5.41, 5.74) is 3.06. The van der Waals surface area contributed by atoms with Crippen LogP contribution in [0.15, 0.2) is 49.2 Å². The first-order valence-electron chi connectivity index (χ1n) is 9.44. The van der Waals surface area contributed by atoms with Crippen molar-refractivity contribution in [2.45, 2.75) is 31.7 Å². The van der Waals surface area contributed by atoms with Crippen molar-refractivity contribution in [3.8, 4) is 5.69 Å². The molecule has 3 heterocycles. The second-order valence-electron chi connectivity index (χ2n) is 7.07. The van der Waals surface area contributed by atoms with E-state index >= 15 is 0 Å². The summed E-state index contributed by atoms with van der Waals surface area (Å²) >= 11 is 0. The number of amides is 1. The predicted molar refractivity (Wildman–Crippen MR) is 102 cm³/mol. The third-order valence-electron chi connectivity index (χ3n) is 5.15. The zero-order chi connectivity index (χ0) is 19.8. The molecule has 0 saturated heterocycles. The van der Waals surface area contributed by atoms with Crippen LogP contribution in [0.5, 0.6) is 0 Å². The van der Waals surface area contributed by atoms with E-state index < -0.39 is 0 Å². The lowest BCUT2D eigenvalue weighted by atomic mass is 9.92. The van der Waals surface area contributed by atoms with E-state index in [1.165, 1.54) is 12.4 Å². The van der Waals surface area contributed by atoms with Gasteiger partial charge in [0, 0.05) is 23.7 Å². The maximum Gasteiger partial charge on any atom is 0.252 e. The van der Waals surface area contributed by atoms with Gasteiger partial charge in [-0.3, -0.25) is 4.79 Å². The van der Waals surface area contributed by atoms with Crippen LogP contribution in [-0.4, -0.2) is 35.3 Å². The van der Waals surface area contributed by atoms with Gasteiger partial charge in [-0.15, -0.1) is 0 Å². The van der Waals surface area contributed by atoms with Crippen LogP contribution in [0.3, 0.4) is 0 Å². The number of benzene rings is 1. The SMILES string of the molecule is O=C(Cc1cnc2ncnn2c1)N[C@H]1CCCc2c1cnn2-c1ccccc1F. The van der Waals surface area contributed by atoms with Crippen molar-refractivity contribution < 1.29 is 9.18 Å². The van der Waals surface area contributed by atoms with Crippen LogP contribution >= 0.6 is 0 Å². The number of halogens is 1. The number of hydrogen-bond acceptors (Lipinski definition) is 5. The summed E-state index contributed by atoms with van der Waals surface area (Å²) in [7, 11) is 0. The van der Waals surface area contributed by atoms with E-state index in [9.17, 15) is 9.18 Å². The number of rotatable bonds is 4. The molecule has 1 amide bonds. The van der Waals surface area contributed by atoms with Crippen molar-refractivity contribution >= 4 is 11.7 Å². The van der Waals surface area contributed by atoms with E-state index in [4.69, 9.17) is 0 Å². The fourth-order valence-corrected chi connectivity index (χ4v) is 3.82. The van der Waals surface area contributed by atoms with Gasteiger partial charge < -0.3 is 5.32 Å². The molecule has 0 aliphatic heterocycles. The number of hydrogen-bond donors (Lipinski definition) is 1. The molecule has 4 aromatic rings. The number of nitrogens with zero attached hydrogens (tertiary/aromatic N) is 6. The molecule has 9 heteroatoms. The van der Waals surface area contributed by atoms with Crippen molar-refractivity contribution in [3.63, 3.8) is 0 Å². The van der Waals surface area contributed by atoms with Crippen molar-refractivity contribution in [2.24, 2.45) is 0 Å². The smallest absolute Gasteiger partial charge is 0.252 e. The minimum atomic E-state index is -0.319. The molecular weight excluding hydrogens is 373 g/mol. The Morgan fingerprint density at radius 1 is 1.21 bits per heavy atom. The molecule has 8 nitrogen and oxygen atoms in total. The fourth-order valence-electron chi connectivity index (χ4n) is 3.82. The lowest BCUT2D eigenvalue weighted by Crippen LogP contribution is -2.32. The third kappa shape index (κ3) is 3.24. The number of carbonyl (C=O) groups is 1. The van der Waals surface area contributed by atoms with Gasteiger partial charge in [-0.2, -0.15) is 15.2 Å². The van der Waals surface area contributed by atoms with Crippen LogP contribution < -0.4 is 5.32 Å². The van der Waals surface area contributed by atoms with Crippen LogP contribution in [-0.2, 0) is 17.6 Å². The van der Waals surface area contributed by atoms with Gasteiger partial charge in [0.2, 0.25) is 5.91 Å². The summed E-state index contributed by atoms with van der Waals surface area (Å²) in [5.74, 6) is 0.0648. The highest BCUT2D eigenvalue weighted by Crippen LogP contribution is 2.31. The van der Waals surface area contributed by atoms with Crippen molar-refractivity contribution in [1.29, 1.82) is 0 Å². The van der Waals surface area contributed by atoms with Gasteiger partial charge in [-0.1, -0.05) is 12.1 Å². The zero-order valence-electron chi connectivity index (χ0n) is 15.5. The van der Waals surface area contributed by atoms with Crippen molar-refractivity contribution in [2.75, 3.05) is 0 Å². The Labute approximate surface area is 165 Å². The first-order chi connectivity index (χ1) is 14.2. The van der Waals surface area contributed by atoms with Crippen LogP contribution in [0.2, 0.25) is 0 Å². The van der Waals surface area contributed by atoms with Gasteiger partial charge in [-0.25, -0.2) is 18.6 Å². The molecule has 1 atom stereocenters. The quantitative estimate of drug-likeness (QED) is 0.576. The Hall–Kier alpha value is -3.62. The molecule has 1 aliphatic rings. The van der Waals surface area contributed by atoms with Crippen LogP contribution in [0, 0.1) is 5.82 Å². The van der Waals surface area contributed by atoms with E-state index in [1.54, 1.807) is 46.0 Å². The second kappa shape index (κ2) is 7.08. The first kappa shape index (κ1) is 17.5. The van der Waals surface area contributed by atoms with E-state index in [0.717, 1.165) is 36.1 Å². The summed E-state index contributed by atoms with van der Waals surface area (Å²) in [4.78, 5) is 20.8. The number of aromatic nitrogens is 6. The Bertz CT molecular complexity index is 1200. The number of fused-ring (bicyclic) bond motifs is 2. The molecule has 1 aliphatic carbocycles. The molecule has 0 bridgehead atoms. The van der Waals surface area contributed by atoms with Crippen LogP contribution in [0.4, 0.5) is 4.39 Å². The molecule has 1 N–H and O–H groups in total. The zero-order valence-corrected chi connectivity index (χ0v) is 15.5. The Balaban J connectivity index is 1.35. The van der Waals surface area contributed by atoms with Gasteiger partial charge in [0.05, 0.1) is 18.7 Å². The maximum absolute atomic E-state index is 14.2. The number of carbonyl (C=O) groups excluding carboxylic acids is 1. The Kier molecular flexibility index (Phi) is 4.27. The number of nitrogens with one attached hydrogen (secondary N) is 1. The molecule has 5 rings (SSSR count). The highest BCUT2D eigenvalue weighted by atomic mass is 19.1. The Morgan fingerprint density at radius 3 is 3.00 bits per heavy atom. The average molecular weight is 391 g/mol. The summed E-state index contributed by atoms with van der Waals surface area (Å²) in [6, 6.07) is 6.43. The van der Waals surface area contributed by atoms with Crippen molar-refractivity contribution in [1.82, 2.24) is 34.7 Å². The summed E-state index contributed by atoms with van der Waals surface area (Å²) in [5, 5.41) is 11.5. The van der Waals surface area contributed by atoms with E-state index in [-0.39, 0.29) is 24.2 Å². The standard InChI is InChI=1S/C20H18FN7O/c21-15-4-1-2-6-18(15)28-17-7-3-5-16(14(17)10-24-28)26-19(29)8-13-9-22-20-23-12-25-27(20)11-13/h1-2,4,6,9-12,16H,3,5,7-8H2,(H,26,29)/t16-/m0/s1. The molecule has 3 aromatic heterocycles. The summed E-state index contributed by atoms with van der Waals surface area (Å²) in [6.45, 7) is 0. The van der Waals surface area contributed by atoms with Gasteiger partial charge in [0.15, 0.2) is 0 Å². The third-order valence-corrected chi connectivity index (χ3v) is 5.15. The molecule has 0 unspecified atom stereocenters. The molecule has 146 valence electrons. The average Bonchev–Trinajstić information content (AvgIpc) is 3.35. The lowest BCUT2D eigenvalue weighted by Gasteiger charge is -2.24. The van der Waals surface area contributed by atoms with Gasteiger partial charge in [0.25, 0.3) is 5.78 Å². The fraction of sp³-hybridized carbons (Fsp3) is 0.250.